The van der Waals surface area contributed by atoms with E-state index in [4.69, 9.17) is 0 Å². The van der Waals surface area contributed by atoms with Gasteiger partial charge in [0.15, 0.2) is 5.82 Å². The van der Waals surface area contributed by atoms with Gasteiger partial charge in [-0.15, -0.1) is 0 Å². The minimum absolute atomic E-state index is 0.225. The highest BCUT2D eigenvalue weighted by Crippen LogP contribution is 2.35. The van der Waals surface area contributed by atoms with Gasteiger partial charge >= 0.3 is 0 Å². The summed E-state index contributed by atoms with van der Waals surface area (Å²) in [5.41, 5.74) is 6.62. The average molecular weight is 399 g/mol. The minimum Gasteiger partial charge on any atom is -0.371 e. The van der Waals surface area contributed by atoms with Crippen LogP contribution in [0.3, 0.4) is 0 Å². The molecule has 2 aliphatic rings. The topological polar surface area (TPSA) is 38.9 Å². The summed E-state index contributed by atoms with van der Waals surface area (Å²) in [6, 6.07) is 15.4. The van der Waals surface area contributed by atoms with Crippen LogP contribution in [0.15, 0.2) is 61.1 Å². The van der Waals surface area contributed by atoms with Crippen LogP contribution in [0, 0.1) is 11.7 Å². The van der Waals surface area contributed by atoms with Crippen LogP contribution in [0.2, 0.25) is 0 Å². The third-order valence-corrected chi connectivity index (χ3v) is 6.27. The predicted octanol–water partition coefficient (Wildman–Crippen LogP) is 4.75. The van der Waals surface area contributed by atoms with Crippen molar-refractivity contribution in [3.05, 3.63) is 72.4 Å². The summed E-state index contributed by atoms with van der Waals surface area (Å²) in [7, 11) is 0. The van der Waals surface area contributed by atoms with Crippen molar-refractivity contribution in [1.82, 2.24) is 19.3 Å². The van der Waals surface area contributed by atoms with Crippen molar-refractivity contribution in [1.29, 1.82) is 0 Å². The maximum atomic E-state index is 13.4. The number of rotatable bonds is 2. The molecule has 0 unspecified atom stereocenters. The number of benzene rings is 2. The van der Waals surface area contributed by atoms with Crippen molar-refractivity contribution in [2.24, 2.45) is 5.92 Å². The van der Waals surface area contributed by atoms with E-state index < -0.39 is 0 Å². The van der Waals surface area contributed by atoms with Gasteiger partial charge in [-0.25, -0.2) is 14.1 Å². The van der Waals surface area contributed by atoms with Crippen molar-refractivity contribution in [3.63, 3.8) is 0 Å². The Bertz CT molecular complexity index is 1240. The van der Waals surface area contributed by atoms with Crippen LogP contribution in [-0.2, 0) is 6.54 Å². The van der Waals surface area contributed by atoms with Crippen molar-refractivity contribution in [3.8, 4) is 28.3 Å². The van der Waals surface area contributed by atoms with Crippen molar-refractivity contribution < 1.29 is 4.39 Å². The largest absolute Gasteiger partial charge is 0.371 e. The van der Waals surface area contributed by atoms with Crippen molar-refractivity contribution in [2.45, 2.75) is 19.9 Å². The molecule has 0 bridgehead atoms. The molecule has 2 aliphatic heterocycles. The van der Waals surface area contributed by atoms with Gasteiger partial charge < -0.3 is 9.47 Å². The first-order valence-corrected chi connectivity index (χ1v) is 10.4. The fourth-order valence-corrected chi connectivity index (χ4v) is 4.68. The van der Waals surface area contributed by atoms with Gasteiger partial charge in [0.05, 0.1) is 11.4 Å². The van der Waals surface area contributed by atoms with Crippen LogP contribution in [0.25, 0.3) is 28.3 Å². The Balaban J connectivity index is 1.46. The molecular formula is C24H22FN5. The number of aromatic nitrogens is 4. The fraction of sp³-hybridized carbons (Fsp3) is 0.250. The third-order valence-electron chi connectivity index (χ3n) is 6.27. The Morgan fingerprint density at radius 2 is 1.90 bits per heavy atom. The lowest BCUT2D eigenvalue weighted by Crippen LogP contribution is -2.19. The lowest BCUT2D eigenvalue weighted by atomic mass is 10.1. The second-order valence-corrected chi connectivity index (χ2v) is 8.40. The number of hydrogen-bond donors (Lipinski definition) is 0. The molecule has 0 saturated carbocycles. The van der Waals surface area contributed by atoms with Gasteiger partial charge in [0.1, 0.15) is 12.1 Å². The highest BCUT2D eigenvalue weighted by atomic mass is 19.1. The molecule has 2 aromatic carbocycles. The lowest BCUT2D eigenvalue weighted by Gasteiger charge is -2.20. The second kappa shape index (κ2) is 6.55. The second-order valence-electron chi connectivity index (χ2n) is 8.40. The molecular weight excluding hydrogens is 377 g/mol. The molecule has 5 nitrogen and oxygen atoms in total. The molecule has 6 heteroatoms. The quantitative estimate of drug-likeness (QED) is 0.430. The Kier molecular flexibility index (Phi) is 3.81. The van der Waals surface area contributed by atoms with Gasteiger partial charge in [-0.3, -0.25) is 0 Å². The Labute approximate surface area is 174 Å². The summed E-state index contributed by atoms with van der Waals surface area (Å²) in [6.07, 6.45) is 4.98. The van der Waals surface area contributed by atoms with E-state index in [0.29, 0.717) is 0 Å². The van der Waals surface area contributed by atoms with Crippen LogP contribution >= 0.6 is 0 Å². The van der Waals surface area contributed by atoms with Gasteiger partial charge in [0.25, 0.3) is 0 Å². The van der Waals surface area contributed by atoms with Crippen molar-refractivity contribution >= 4 is 5.69 Å². The summed E-state index contributed by atoms with van der Waals surface area (Å²) >= 11 is 0. The first kappa shape index (κ1) is 17.4. The molecule has 1 saturated heterocycles. The molecule has 0 radical (unpaired) electrons. The Morgan fingerprint density at radius 1 is 1.03 bits per heavy atom. The van der Waals surface area contributed by atoms with Gasteiger partial charge in [-0.1, -0.05) is 19.1 Å². The van der Waals surface area contributed by atoms with E-state index in [9.17, 15) is 4.39 Å². The zero-order chi connectivity index (χ0) is 20.2. The number of halogens is 1. The minimum atomic E-state index is -0.225. The summed E-state index contributed by atoms with van der Waals surface area (Å²) in [6.45, 7) is 5.28. The molecule has 0 amide bonds. The van der Waals surface area contributed by atoms with E-state index in [-0.39, 0.29) is 5.82 Å². The van der Waals surface area contributed by atoms with Gasteiger partial charge in [0.2, 0.25) is 0 Å². The number of anilines is 1. The first-order chi connectivity index (χ1) is 14.7. The Morgan fingerprint density at radius 3 is 2.70 bits per heavy atom. The van der Waals surface area contributed by atoms with E-state index in [2.05, 4.69) is 56.9 Å². The molecule has 4 heterocycles. The van der Waals surface area contributed by atoms with Crippen LogP contribution in [-0.4, -0.2) is 32.4 Å². The number of fused-ring (bicyclic) bond motifs is 5. The lowest BCUT2D eigenvalue weighted by molar-refractivity contribution is 0.628. The summed E-state index contributed by atoms with van der Waals surface area (Å²) < 4.78 is 17.5. The monoisotopic (exact) mass is 399 g/mol. The van der Waals surface area contributed by atoms with Crippen LogP contribution < -0.4 is 4.90 Å². The molecule has 6 rings (SSSR count). The van der Waals surface area contributed by atoms with Gasteiger partial charge in [0, 0.05) is 37.1 Å². The molecule has 0 N–H and O–H groups in total. The summed E-state index contributed by atoms with van der Waals surface area (Å²) in [4.78, 5) is 7.02. The zero-order valence-electron chi connectivity index (χ0n) is 16.8. The molecule has 4 aromatic rings. The third kappa shape index (κ3) is 2.75. The fourth-order valence-electron chi connectivity index (χ4n) is 4.68. The van der Waals surface area contributed by atoms with E-state index in [0.717, 1.165) is 53.9 Å². The molecule has 30 heavy (non-hydrogen) atoms. The van der Waals surface area contributed by atoms with Crippen LogP contribution in [0.4, 0.5) is 10.1 Å². The van der Waals surface area contributed by atoms with E-state index in [1.165, 1.54) is 29.8 Å². The SMILES string of the molecule is C[C@H]1CCN(c2ccc3c(c2)Cn2cc(-c4ccc(F)cc4)cc2-c2ncnn2-3)C1. The van der Waals surface area contributed by atoms with E-state index in [1.54, 1.807) is 6.33 Å². The maximum absolute atomic E-state index is 13.4. The molecule has 150 valence electrons. The highest BCUT2D eigenvalue weighted by Gasteiger charge is 2.24. The molecule has 0 aliphatic carbocycles. The predicted molar refractivity (Wildman–Crippen MR) is 115 cm³/mol. The summed E-state index contributed by atoms with van der Waals surface area (Å²) in [5.74, 6) is 1.33. The van der Waals surface area contributed by atoms with Gasteiger partial charge in [-0.05, 0) is 59.9 Å². The smallest absolute Gasteiger partial charge is 0.179 e. The normalized spacial score (nSPS) is 17.4. The average Bonchev–Trinajstić information content (AvgIpc) is 3.47. The van der Waals surface area contributed by atoms with E-state index >= 15 is 0 Å². The molecule has 1 atom stereocenters. The van der Waals surface area contributed by atoms with Crippen LogP contribution in [0.1, 0.15) is 18.9 Å². The van der Waals surface area contributed by atoms with E-state index in [1.807, 2.05) is 16.8 Å². The highest BCUT2D eigenvalue weighted by molar-refractivity contribution is 5.71. The number of hydrogen-bond acceptors (Lipinski definition) is 3. The maximum Gasteiger partial charge on any atom is 0.179 e. The Hall–Kier alpha value is -3.41. The van der Waals surface area contributed by atoms with Gasteiger partial charge in [-0.2, -0.15) is 5.10 Å². The molecule has 0 spiro atoms. The standard InChI is InChI=1S/C24H22FN5/c1-16-8-9-28(12-16)21-6-7-22-19(10-21)14-29-13-18(17-2-4-20(25)5-3-17)11-23(29)24-26-15-27-30(22)24/h2-7,10-11,13,15-16H,8-9,12,14H2,1H3/t16-/m0/s1. The van der Waals surface area contributed by atoms with Crippen LogP contribution in [0.5, 0.6) is 0 Å². The summed E-state index contributed by atoms with van der Waals surface area (Å²) in [5, 5.41) is 4.52. The molecule has 1 fully saturated rings. The number of nitrogens with zero attached hydrogens (tertiary/aromatic N) is 5. The molecule has 2 aromatic heterocycles. The zero-order valence-corrected chi connectivity index (χ0v) is 16.8. The first-order valence-electron chi connectivity index (χ1n) is 10.4. The van der Waals surface area contributed by atoms with Crippen molar-refractivity contribution in [2.75, 3.05) is 18.0 Å².